The van der Waals surface area contributed by atoms with Crippen molar-refractivity contribution < 1.29 is 18.3 Å². The van der Waals surface area contributed by atoms with Crippen molar-refractivity contribution in [1.29, 1.82) is 0 Å². The van der Waals surface area contributed by atoms with E-state index in [0.29, 0.717) is 5.56 Å². The van der Waals surface area contributed by atoms with Crippen molar-refractivity contribution in [3.05, 3.63) is 59.7 Å². The van der Waals surface area contributed by atoms with Crippen LogP contribution in [0.2, 0.25) is 0 Å². The minimum Gasteiger partial charge on any atom is -0.495 e. The van der Waals surface area contributed by atoms with E-state index in [2.05, 4.69) is 17.4 Å². The van der Waals surface area contributed by atoms with Crippen molar-refractivity contribution >= 4 is 10.0 Å². The number of nitrogens with one attached hydrogen (secondary N) is 1. The van der Waals surface area contributed by atoms with E-state index in [-0.39, 0.29) is 16.7 Å². The zero-order valence-electron chi connectivity index (χ0n) is 15.1. The SMILES string of the molecule is COc1ccc(C(O)C(C)NCCCc2ccccc2)cc1S(N)(=O)=O. The highest BCUT2D eigenvalue weighted by molar-refractivity contribution is 7.89. The Labute approximate surface area is 155 Å². The van der Waals surface area contributed by atoms with E-state index in [0.717, 1.165) is 19.4 Å². The highest BCUT2D eigenvalue weighted by Crippen LogP contribution is 2.27. The van der Waals surface area contributed by atoms with Gasteiger partial charge in [0.15, 0.2) is 0 Å². The van der Waals surface area contributed by atoms with E-state index >= 15 is 0 Å². The standard InChI is InChI=1S/C19H26N2O4S/c1-14(21-12-6-9-15-7-4-3-5-8-15)19(22)16-10-11-17(25-2)18(13-16)26(20,23)24/h3-5,7-8,10-11,13-14,19,21-22H,6,9,12H2,1-2H3,(H2,20,23,24). The van der Waals surface area contributed by atoms with E-state index in [1.807, 2.05) is 25.1 Å². The number of aliphatic hydroxyl groups is 1. The van der Waals surface area contributed by atoms with Crippen LogP contribution in [0.5, 0.6) is 5.75 Å². The molecule has 0 fully saturated rings. The lowest BCUT2D eigenvalue weighted by molar-refractivity contribution is 0.136. The van der Waals surface area contributed by atoms with Gasteiger partial charge < -0.3 is 15.2 Å². The number of ether oxygens (including phenoxy) is 1. The summed E-state index contributed by atoms with van der Waals surface area (Å²) >= 11 is 0. The quantitative estimate of drug-likeness (QED) is 0.579. The third-order valence-electron chi connectivity index (χ3n) is 4.26. The van der Waals surface area contributed by atoms with Crippen molar-refractivity contribution in [2.75, 3.05) is 13.7 Å². The van der Waals surface area contributed by atoms with Gasteiger partial charge in [0.05, 0.1) is 13.2 Å². The summed E-state index contributed by atoms with van der Waals surface area (Å²) in [4.78, 5) is -0.132. The summed E-state index contributed by atoms with van der Waals surface area (Å²) in [5.41, 5.74) is 1.74. The summed E-state index contributed by atoms with van der Waals surface area (Å²) in [7, 11) is -2.56. The number of methoxy groups -OCH3 is 1. The minimum absolute atomic E-state index is 0.132. The van der Waals surface area contributed by atoms with Crippen molar-refractivity contribution in [2.45, 2.75) is 36.8 Å². The maximum Gasteiger partial charge on any atom is 0.241 e. The first-order valence-electron chi connectivity index (χ1n) is 8.49. The molecule has 7 heteroatoms. The fourth-order valence-corrected chi connectivity index (χ4v) is 3.50. The molecule has 0 aliphatic carbocycles. The highest BCUT2D eigenvalue weighted by atomic mass is 32.2. The molecule has 2 aromatic rings. The second kappa shape index (κ2) is 9.14. The van der Waals surface area contributed by atoms with Crippen LogP contribution >= 0.6 is 0 Å². The van der Waals surface area contributed by atoms with Crippen LogP contribution in [0.1, 0.15) is 30.6 Å². The fraction of sp³-hybridized carbons (Fsp3) is 0.368. The number of benzene rings is 2. The lowest BCUT2D eigenvalue weighted by Gasteiger charge is -2.21. The zero-order valence-corrected chi connectivity index (χ0v) is 15.9. The van der Waals surface area contributed by atoms with E-state index in [4.69, 9.17) is 9.88 Å². The predicted molar refractivity (Wildman–Crippen MR) is 102 cm³/mol. The van der Waals surface area contributed by atoms with E-state index < -0.39 is 16.1 Å². The summed E-state index contributed by atoms with van der Waals surface area (Å²) in [5.74, 6) is 0.159. The molecular weight excluding hydrogens is 352 g/mol. The average molecular weight is 378 g/mol. The molecule has 142 valence electrons. The van der Waals surface area contributed by atoms with Crippen LogP contribution in [0.15, 0.2) is 53.4 Å². The molecule has 26 heavy (non-hydrogen) atoms. The Bertz CT molecular complexity index is 810. The first kappa shape index (κ1) is 20.4. The Morgan fingerprint density at radius 2 is 1.88 bits per heavy atom. The first-order valence-corrected chi connectivity index (χ1v) is 10.0. The van der Waals surface area contributed by atoms with Crippen LogP contribution in [0.4, 0.5) is 0 Å². The van der Waals surface area contributed by atoms with E-state index in [1.54, 1.807) is 6.07 Å². The number of aryl methyl sites for hydroxylation is 1. The second-order valence-electron chi connectivity index (χ2n) is 6.23. The smallest absolute Gasteiger partial charge is 0.241 e. The maximum atomic E-state index is 11.7. The normalized spacial score (nSPS) is 14.0. The molecule has 0 aliphatic rings. The van der Waals surface area contributed by atoms with Crippen molar-refractivity contribution in [1.82, 2.24) is 5.32 Å². The summed E-state index contributed by atoms with van der Waals surface area (Å²) in [6.07, 6.45) is 1.03. The average Bonchev–Trinajstić information content (AvgIpc) is 2.64. The molecule has 0 bridgehead atoms. The van der Waals surface area contributed by atoms with Gasteiger partial charge in [-0.1, -0.05) is 36.4 Å². The molecule has 0 saturated heterocycles. The number of hydrogen-bond acceptors (Lipinski definition) is 5. The summed E-state index contributed by atoms with van der Waals surface area (Å²) in [6.45, 7) is 2.60. The minimum atomic E-state index is -3.94. The monoisotopic (exact) mass is 378 g/mol. The molecule has 4 N–H and O–H groups in total. The van der Waals surface area contributed by atoms with Gasteiger partial charge in [0.1, 0.15) is 10.6 Å². The van der Waals surface area contributed by atoms with Crippen LogP contribution < -0.4 is 15.2 Å². The number of aliphatic hydroxyl groups excluding tert-OH is 1. The Kier molecular flexibility index (Phi) is 7.16. The molecule has 0 aromatic heterocycles. The van der Waals surface area contributed by atoms with Crippen LogP contribution in [-0.2, 0) is 16.4 Å². The van der Waals surface area contributed by atoms with Crippen LogP contribution in [0, 0.1) is 0 Å². The Morgan fingerprint density at radius 1 is 1.19 bits per heavy atom. The molecule has 6 nitrogen and oxygen atoms in total. The van der Waals surface area contributed by atoms with Gasteiger partial charge in [-0.15, -0.1) is 0 Å². The molecule has 2 atom stereocenters. The molecule has 2 unspecified atom stereocenters. The predicted octanol–water partition coefficient (Wildman–Crippen LogP) is 1.99. The van der Waals surface area contributed by atoms with Gasteiger partial charge in [-0.3, -0.25) is 0 Å². The van der Waals surface area contributed by atoms with Crippen molar-refractivity contribution in [3.8, 4) is 5.75 Å². The molecule has 0 heterocycles. The fourth-order valence-electron chi connectivity index (χ4n) is 2.77. The third-order valence-corrected chi connectivity index (χ3v) is 5.19. The maximum absolute atomic E-state index is 11.7. The molecule has 2 aromatic carbocycles. The first-order chi connectivity index (χ1) is 12.3. The Morgan fingerprint density at radius 3 is 2.50 bits per heavy atom. The largest absolute Gasteiger partial charge is 0.495 e. The van der Waals surface area contributed by atoms with Crippen molar-refractivity contribution in [2.24, 2.45) is 5.14 Å². The number of nitrogens with two attached hydrogens (primary N) is 1. The van der Waals surface area contributed by atoms with Gasteiger partial charge in [0.2, 0.25) is 10.0 Å². The highest BCUT2D eigenvalue weighted by Gasteiger charge is 2.21. The van der Waals surface area contributed by atoms with Gasteiger partial charge in [0.25, 0.3) is 0 Å². The van der Waals surface area contributed by atoms with Gasteiger partial charge in [-0.25, -0.2) is 13.6 Å². The van der Waals surface area contributed by atoms with Gasteiger partial charge >= 0.3 is 0 Å². The number of hydrogen-bond donors (Lipinski definition) is 3. The van der Waals surface area contributed by atoms with Crippen molar-refractivity contribution in [3.63, 3.8) is 0 Å². The molecule has 0 aliphatic heterocycles. The van der Waals surface area contributed by atoms with Crippen LogP contribution in [0.3, 0.4) is 0 Å². The summed E-state index contributed by atoms with van der Waals surface area (Å²) in [5, 5.41) is 19.0. The molecule has 0 saturated carbocycles. The molecule has 0 spiro atoms. The van der Waals surface area contributed by atoms with Gasteiger partial charge in [-0.2, -0.15) is 0 Å². The van der Waals surface area contributed by atoms with Gasteiger partial charge in [-0.05, 0) is 49.6 Å². The van der Waals surface area contributed by atoms with Crippen LogP contribution in [-0.4, -0.2) is 33.2 Å². The lowest BCUT2D eigenvalue weighted by atomic mass is 10.0. The number of primary sulfonamides is 1. The summed E-state index contributed by atoms with van der Waals surface area (Å²) < 4.78 is 28.4. The zero-order chi connectivity index (χ0) is 19.2. The molecule has 0 amide bonds. The lowest BCUT2D eigenvalue weighted by Crippen LogP contribution is -2.33. The third kappa shape index (κ3) is 5.54. The molecule has 0 radical (unpaired) electrons. The number of sulfonamides is 1. The topological polar surface area (TPSA) is 102 Å². The van der Waals surface area contributed by atoms with Crippen LogP contribution in [0.25, 0.3) is 0 Å². The summed E-state index contributed by atoms with van der Waals surface area (Å²) in [6, 6.07) is 14.5. The molecular formula is C19H26N2O4S. The second-order valence-corrected chi connectivity index (χ2v) is 7.76. The molecule has 2 rings (SSSR count). The van der Waals surface area contributed by atoms with E-state index in [9.17, 15) is 13.5 Å². The van der Waals surface area contributed by atoms with E-state index in [1.165, 1.54) is 24.8 Å². The Hall–Kier alpha value is -1.93. The number of rotatable bonds is 9. The van der Waals surface area contributed by atoms with Gasteiger partial charge in [0, 0.05) is 6.04 Å². The Balaban J connectivity index is 1.96.